The predicted octanol–water partition coefficient (Wildman–Crippen LogP) is 11.5. The zero-order valence-electron chi connectivity index (χ0n) is 27.8. The van der Waals surface area contributed by atoms with Gasteiger partial charge in [0.25, 0.3) is 0 Å². The van der Waals surface area contributed by atoms with Crippen LogP contribution in [0.25, 0.3) is 67.0 Å². The minimum absolute atomic E-state index is 0.524. The molecule has 1 atom stereocenters. The summed E-state index contributed by atoms with van der Waals surface area (Å²) < 4.78 is 2.51. The Morgan fingerprint density at radius 3 is 2.02 bits per heavy atom. The van der Waals surface area contributed by atoms with Gasteiger partial charge >= 0.3 is 0 Å². The monoisotopic (exact) mass is 649 g/mol. The number of hydrogen-bond donors (Lipinski definition) is 0. The van der Waals surface area contributed by atoms with Gasteiger partial charge in [0.15, 0.2) is 5.82 Å². The maximum atomic E-state index is 5.33. The lowest BCUT2D eigenvalue weighted by molar-refractivity contribution is 0.742. The Morgan fingerprint density at radius 1 is 0.510 bits per heavy atom. The molecule has 6 aromatic carbocycles. The molecule has 0 saturated carbocycles. The van der Waals surface area contributed by atoms with Crippen LogP contribution in [0.4, 0.5) is 0 Å². The fourth-order valence-corrected chi connectivity index (χ4v) is 8.94. The van der Waals surface area contributed by atoms with Crippen molar-refractivity contribution in [3.05, 3.63) is 204 Å². The van der Waals surface area contributed by atoms with E-state index in [2.05, 4.69) is 174 Å². The minimum atomic E-state index is -0.524. The number of para-hydroxylation sites is 2. The van der Waals surface area contributed by atoms with Crippen molar-refractivity contribution in [3.63, 3.8) is 0 Å². The van der Waals surface area contributed by atoms with E-state index in [9.17, 15) is 0 Å². The number of fused-ring (bicyclic) bond motifs is 11. The lowest BCUT2D eigenvalue weighted by atomic mass is 9.64. The van der Waals surface area contributed by atoms with Gasteiger partial charge in [-0.25, -0.2) is 9.97 Å². The Kier molecular flexibility index (Phi) is 5.94. The van der Waals surface area contributed by atoms with Gasteiger partial charge in [0.1, 0.15) is 0 Å². The smallest absolute Gasteiger partial charge is 0.160 e. The van der Waals surface area contributed by atoms with Crippen molar-refractivity contribution >= 4 is 27.4 Å². The SMILES string of the molecule is C1=CC2=C(C=CC1)C1(c3ccccc32)c2ccccc2-n2c3ccccc3c3cc(-c4cc(-c5ccccc5)nc(-c5ccccc5)n4)cc1c32. The van der Waals surface area contributed by atoms with Crippen LogP contribution in [0, 0.1) is 0 Å². The predicted molar refractivity (Wildman–Crippen MR) is 209 cm³/mol. The Morgan fingerprint density at radius 2 is 1.18 bits per heavy atom. The second-order valence-corrected chi connectivity index (χ2v) is 13.6. The molecule has 1 unspecified atom stereocenters. The summed E-state index contributed by atoms with van der Waals surface area (Å²) in [5, 5.41) is 2.47. The summed E-state index contributed by atoms with van der Waals surface area (Å²) in [5.41, 5.74) is 16.0. The molecule has 0 radical (unpaired) electrons. The van der Waals surface area contributed by atoms with Gasteiger partial charge in [-0.1, -0.05) is 146 Å². The van der Waals surface area contributed by atoms with Crippen LogP contribution >= 0.6 is 0 Å². The van der Waals surface area contributed by atoms with Crippen LogP contribution in [0.5, 0.6) is 0 Å². The first-order chi connectivity index (χ1) is 25.3. The van der Waals surface area contributed by atoms with E-state index in [4.69, 9.17) is 9.97 Å². The molecule has 0 amide bonds. The average molecular weight is 650 g/mol. The summed E-state index contributed by atoms with van der Waals surface area (Å²) in [7, 11) is 0. The van der Waals surface area contributed by atoms with Crippen molar-refractivity contribution < 1.29 is 0 Å². The van der Waals surface area contributed by atoms with E-state index in [0.29, 0.717) is 0 Å². The molecule has 0 fully saturated rings. The molecule has 0 N–H and O–H groups in total. The molecule has 0 saturated heterocycles. The Labute approximate surface area is 296 Å². The second kappa shape index (κ2) is 10.7. The average Bonchev–Trinajstić information content (AvgIpc) is 3.54. The molecule has 3 heterocycles. The fraction of sp³-hybridized carbons (Fsp3) is 0.0417. The van der Waals surface area contributed by atoms with Gasteiger partial charge in [-0.2, -0.15) is 0 Å². The van der Waals surface area contributed by atoms with Gasteiger partial charge in [0, 0.05) is 27.5 Å². The van der Waals surface area contributed by atoms with E-state index < -0.39 is 5.41 Å². The maximum Gasteiger partial charge on any atom is 0.160 e. The molecule has 1 aliphatic heterocycles. The number of hydrogen-bond acceptors (Lipinski definition) is 2. The van der Waals surface area contributed by atoms with Crippen molar-refractivity contribution in [2.24, 2.45) is 0 Å². The number of rotatable bonds is 3. The Balaban J connectivity index is 1.31. The lowest BCUT2D eigenvalue weighted by Crippen LogP contribution is -2.34. The largest absolute Gasteiger partial charge is 0.309 e. The van der Waals surface area contributed by atoms with Crippen molar-refractivity contribution in [3.8, 4) is 39.6 Å². The highest BCUT2D eigenvalue weighted by atomic mass is 15.0. The molecule has 2 aliphatic carbocycles. The van der Waals surface area contributed by atoms with E-state index >= 15 is 0 Å². The standard InChI is InChI=1S/C48H31N3/c1-4-16-31(17-5-1)42-30-43(50-47(49-42)32-18-6-2-7-19-32)33-28-37-36-22-11-14-26-44(36)51-45-27-15-13-25-40(45)48(41(29-33)46(37)51)38-23-9-3-8-20-34(38)35-21-10-12-24-39(35)48/h1-2,4-30H,3H2. The Hall–Kier alpha value is -6.58. The van der Waals surface area contributed by atoms with Crippen molar-refractivity contribution in [2.45, 2.75) is 11.8 Å². The number of nitrogens with zero attached hydrogens (tertiary/aromatic N) is 3. The van der Waals surface area contributed by atoms with Gasteiger partial charge in [0.05, 0.1) is 33.5 Å². The Bertz CT molecular complexity index is 2760. The third-order valence-corrected chi connectivity index (χ3v) is 11.0. The topological polar surface area (TPSA) is 30.7 Å². The summed E-state index contributed by atoms with van der Waals surface area (Å²) >= 11 is 0. The zero-order chi connectivity index (χ0) is 33.5. The van der Waals surface area contributed by atoms with Gasteiger partial charge < -0.3 is 4.57 Å². The van der Waals surface area contributed by atoms with Crippen LogP contribution in [0.1, 0.15) is 28.7 Å². The highest BCUT2D eigenvalue weighted by molar-refractivity contribution is 6.14. The molecule has 0 bridgehead atoms. The summed E-state index contributed by atoms with van der Waals surface area (Å²) in [6.45, 7) is 0. The fourth-order valence-electron chi connectivity index (χ4n) is 8.94. The maximum absolute atomic E-state index is 5.33. The molecule has 1 spiro atoms. The van der Waals surface area contributed by atoms with Crippen LogP contribution in [0.3, 0.4) is 0 Å². The second-order valence-electron chi connectivity index (χ2n) is 13.6. The summed E-state index contributed by atoms with van der Waals surface area (Å²) in [5.74, 6) is 0.719. The molecule has 3 aliphatic rings. The molecular formula is C48H31N3. The van der Waals surface area contributed by atoms with E-state index in [0.717, 1.165) is 40.3 Å². The van der Waals surface area contributed by atoms with E-state index in [1.54, 1.807) is 0 Å². The lowest BCUT2D eigenvalue weighted by Gasteiger charge is -2.40. The zero-order valence-corrected chi connectivity index (χ0v) is 27.8. The number of benzene rings is 6. The summed E-state index contributed by atoms with van der Waals surface area (Å²) in [6, 6.07) is 54.7. The molecule has 11 rings (SSSR count). The molecule has 51 heavy (non-hydrogen) atoms. The van der Waals surface area contributed by atoms with Crippen molar-refractivity contribution in [2.75, 3.05) is 0 Å². The molecule has 3 nitrogen and oxygen atoms in total. The van der Waals surface area contributed by atoms with Gasteiger partial charge in [-0.15, -0.1) is 0 Å². The highest BCUT2D eigenvalue weighted by Crippen LogP contribution is 2.61. The minimum Gasteiger partial charge on any atom is -0.309 e. The molecule has 238 valence electrons. The van der Waals surface area contributed by atoms with E-state index in [1.807, 2.05) is 6.07 Å². The van der Waals surface area contributed by atoms with E-state index in [-0.39, 0.29) is 0 Å². The van der Waals surface area contributed by atoms with Gasteiger partial charge in [-0.05, 0) is 70.2 Å². The van der Waals surface area contributed by atoms with Crippen LogP contribution in [0.15, 0.2) is 182 Å². The first kappa shape index (κ1) is 28.3. The van der Waals surface area contributed by atoms with Crippen molar-refractivity contribution in [1.29, 1.82) is 0 Å². The summed E-state index contributed by atoms with van der Waals surface area (Å²) in [6.07, 6.45) is 10.3. The summed E-state index contributed by atoms with van der Waals surface area (Å²) in [4.78, 5) is 10.5. The van der Waals surface area contributed by atoms with Crippen LogP contribution in [-0.4, -0.2) is 14.5 Å². The molecular weight excluding hydrogens is 619 g/mol. The quantitative estimate of drug-likeness (QED) is 0.191. The third kappa shape index (κ3) is 3.89. The number of allylic oxidation sites excluding steroid dienone is 6. The number of aromatic nitrogens is 3. The molecule has 3 heteroatoms. The van der Waals surface area contributed by atoms with Crippen LogP contribution in [0.2, 0.25) is 0 Å². The van der Waals surface area contributed by atoms with Crippen LogP contribution < -0.4 is 0 Å². The third-order valence-electron chi connectivity index (χ3n) is 11.0. The van der Waals surface area contributed by atoms with Gasteiger partial charge in [0.2, 0.25) is 0 Å². The molecule has 8 aromatic rings. The first-order valence-electron chi connectivity index (χ1n) is 17.7. The first-order valence-corrected chi connectivity index (χ1v) is 17.7. The van der Waals surface area contributed by atoms with Crippen LogP contribution in [-0.2, 0) is 5.41 Å². The highest BCUT2D eigenvalue weighted by Gasteiger charge is 2.51. The normalized spacial score (nSPS) is 16.8. The molecule has 2 aromatic heterocycles. The van der Waals surface area contributed by atoms with E-state index in [1.165, 1.54) is 60.9 Å². The van der Waals surface area contributed by atoms with Crippen molar-refractivity contribution in [1.82, 2.24) is 14.5 Å². The van der Waals surface area contributed by atoms with Gasteiger partial charge in [-0.3, -0.25) is 0 Å².